The molecule has 0 spiro atoms. The maximum absolute atomic E-state index is 13.6. The summed E-state index contributed by atoms with van der Waals surface area (Å²) in [5.74, 6) is -2.41. The Balaban J connectivity index is 2.03. The van der Waals surface area contributed by atoms with E-state index in [0.717, 1.165) is 11.3 Å². The Labute approximate surface area is 100.0 Å². The fraction of sp³-hybridized carbons (Fsp3) is 0.538. The summed E-state index contributed by atoms with van der Waals surface area (Å²) in [5.41, 5.74) is 0.930. The Kier molecular flexibility index (Phi) is 3.62. The molecule has 1 aliphatic heterocycles. The Morgan fingerprint density at radius 3 is 2.65 bits per heavy atom. The molecule has 0 bridgehead atoms. The zero-order valence-corrected chi connectivity index (χ0v) is 9.88. The summed E-state index contributed by atoms with van der Waals surface area (Å²) in [5, 5.41) is 3.03. The third kappa shape index (κ3) is 2.94. The van der Waals surface area contributed by atoms with Gasteiger partial charge in [-0.2, -0.15) is 0 Å². The lowest BCUT2D eigenvalue weighted by atomic mass is 9.89. The second-order valence-corrected chi connectivity index (χ2v) is 4.46. The van der Waals surface area contributed by atoms with Gasteiger partial charge in [0.15, 0.2) is 0 Å². The van der Waals surface area contributed by atoms with Gasteiger partial charge in [0.25, 0.3) is 5.92 Å². The van der Waals surface area contributed by atoms with E-state index >= 15 is 0 Å². The first-order chi connectivity index (χ1) is 8.12. The fourth-order valence-corrected chi connectivity index (χ4v) is 2.15. The number of ether oxygens (including phenoxy) is 1. The largest absolute Gasteiger partial charge is 0.497 e. The minimum atomic E-state index is -2.55. The molecule has 0 aromatic heterocycles. The van der Waals surface area contributed by atoms with Gasteiger partial charge < -0.3 is 10.1 Å². The highest BCUT2D eigenvalue weighted by Gasteiger charge is 2.41. The molecule has 2 rings (SSSR count). The van der Waals surface area contributed by atoms with Gasteiger partial charge in [-0.3, -0.25) is 0 Å². The smallest absolute Gasteiger partial charge is 0.253 e. The monoisotopic (exact) mass is 241 g/mol. The molecule has 1 aromatic rings. The van der Waals surface area contributed by atoms with E-state index in [9.17, 15) is 8.78 Å². The lowest BCUT2D eigenvalue weighted by molar-refractivity contribution is -0.0776. The second kappa shape index (κ2) is 5.00. The normalized spacial score (nSPS) is 23.4. The Hall–Kier alpha value is -1.16. The summed E-state index contributed by atoms with van der Waals surface area (Å²) in [6.45, 7) is 0.797. The average molecular weight is 241 g/mol. The predicted octanol–water partition coefficient (Wildman–Crippen LogP) is 2.48. The molecule has 1 aliphatic rings. The van der Waals surface area contributed by atoms with E-state index in [-0.39, 0.29) is 6.42 Å². The van der Waals surface area contributed by atoms with E-state index in [2.05, 4.69) is 5.32 Å². The zero-order chi connectivity index (χ0) is 12.3. The number of halogens is 2. The highest BCUT2D eigenvalue weighted by atomic mass is 19.3. The molecule has 1 N–H and O–H groups in total. The number of hydrogen-bond acceptors (Lipinski definition) is 2. The summed E-state index contributed by atoms with van der Waals surface area (Å²) in [4.78, 5) is 0. The highest BCUT2D eigenvalue weighted by Crippen LogP contribution is 2.33. The van der Waals surface area contributed by atoms with Gasteiger partial charge in [-0.05, 0) is 24.1 Å². The maximum atomic E-state index is 13.6. The molecule has 1 unspecified atom stereocenters. The highest BCUT2D eigenvalue weighted by molar-refractivity contribution is 5.27. The summed E-state index contributed by atoms with van der Waals surface area (Å²) >= 11 is 0. The summed E-state index contributed by atoms with van der Waals surface area (Å²) in [6.07, 6.45) is 0.345. The minimum absolute atomic E-state index is 0.0617. The van der Waals surface area contributed by atoms with Crippen molar-refractivity contribution in [3.63, 3.8) is 0 Å². The number of rotatable bonds is 3. The van der Waals surface area contributed by atoms with Gasteiger partial charge in [0.2, 0.25) is 0 Å². The molecule has 0 aliphatic carbocycles. The second-order valence-electron chi connectivity index (χ2n) is 4.46. The fourth-order valence-electron chi connectivity index (χ4n) is 2.15. The van der Waals surface area contributed by atoms with E-state index in [1.54, 1.807) is 7.11 Å². The van der Waals surface area contributed by atoms with Crippen molar-refractivity contribution in [2.45, 2.75) is 18.8 Å². The van der Waals surface area contributed by atoms with Gasteiger partial charge in [0, 0.05) is 25.4 Å². The molecule has 1 atom stereocenters. The molecule has 17 heavy (non-hydrogen) atoms. The van der Waals surface area contributed by atoms with Crippen LogP contribution >= 0.6 is 0 Å². The Morgan fingerprint density at radius 1 is 1.35 bits per heavy atom. The maximum Gasteiger partial charge on any atom is 0.253 e. The van der Waals surface area contributed by atoms with Crippen LogP contribution in [0.25, 0.3) is 0 Å². The van der Waals surface area contributed by atoms with Crippen LogP contribution in [0.3, 0.4) is 0 Å². The molecular formula is C13H17F2NO. The minimum Gasteiger partial charge on any atom is -0.497 e. The first kappa shape index (κ1) is 12.3. The van der Waals surface area contributed by atoms with Crippen LogP contribution < -0.4 is 10.1 Å². The van der Waals surface area contributed by atoms with Crippen molar-refractivity contribution in [2.24, 2.45) is 5.92 Å². The first-order valence-electron chi connectivity index (χ1n) is 5.83. The van der Waals surface area contributed by atoms with Crippen LogP contribution in [-0.2, 0) is 6.42 Å². The van der Waals surface area contributed by atoms with Crippen LogP contribution in [0.1, 0.15) is 12.0 Å². The van der Waals surface area contributed by atoms with Gasteiger partial charge in [0.1, 0.15) is 5.75 Å². The Morgan fingerprint density at radius 2 is 2.06 bits per heavy atom. The number of alkyl halides is 2. The predicted molar refractivity (Wildman–Crippen MR) is 62.6 cm³/mol. The van der Waals surface area contributed by atoms with Crippen molar-refractivity contribution in [1.82, 2.24) is 5.32 Å². The third-order valence-corrected chi connectivity index (χ3v) is 3.26. The van der Waals surface area contributed by atoms with Gasteiger partial charge in [-0.1, -0.05) is 12.1 Å². The van der Waals surface area contributed by atoms with Crippen molar-refractivity contribution in [3.05, 3.63) is 29.8 Å². The molecular weight excluding hydrogens is 224 g/mol. The molecule has 1 aromatic carbocycles. The summed E-state index contributed by atoms with van der Waals surface area (Å²) < 4.78 is 32.3. The van der Waals surface area contributed by atoms with Crippen molar-refractivity contribution < 1.29 is 13.5 Å². The molecule has 94 valence electrons. The molecule has 1 fully saturated rings. The van der Waals surface area contributed by atoms with Crippen LogP contribution in [-0.4, -0.2) is 26.1 Å². The standard InChI is InChI=1S/C13H17F2NO/c1-17-12-4-2-10(3-5-12)8-11-9-16-7-6-13(11,14)15/h2-5,11,16H,6-9H2,1H3. The first-order valence-corrected chi connectivity index (χ1v) is 5.83. The van der Waals surface area contributed by atoms with Crippen molar-refractivity contribution >= 4 is 0 Å². The van der Waals surface area contributed by atoms with E-state index in [1.165, 1.54) is 0 Å². The average Bonchev–Trinajstić information content (AvgIpc) is 2.33. The third-order valence-electron chi connectivity index (χ3n) is 3.26. The summed E-state index contributed by atoms with van der Waals surface area (Å²) in [6, 6.07) is 7.32. The van der Waals surface area contributed by atoms with Gasteiger partial charge in [-0.15, -0.1) is 0 Å². The summed E-state index contributed by atoms with van der Waals surface area (Å²) in [7, 11) is 1.59. The quantitative estimate of drug-likeness (QED) is 0.877. The number of methoxy groups -OCH3 is 1. The van der Waals surface area contributed by atoms with Crippen molar-refractivity contribution in [3.8, 4) is 5.75 Å². The zero-order valence-electron chi connectivity index (χ0n) is 9.88. The molecule has 0 amide bonds. The van der Waals surface area contributed by atoms with Crippen LogP contribution in [0.4, 0.5) is 8.78 Å². The number of hydrogen-bond donors (Lipinski definition) is 1. The number of benzene rings is 1. The van der Waals surface area contributed by atoms with E-state index in [4.69, 9.17) is 4.74 Å². The van der Waals surface area contributed by atoms with E-state index < -0.39 is 11.8 Å². The Bertz CT molecular complexity index is 364. The topological polar surface area (TPSA) is 21.3 Å². The lowest BCUT2D eigenvalue weighted by Crippen LogP contribution is -2.45. The number of piperidine rings is 1. The van der Waals surface area contributed by atoms with Crippen LogP contribution in [0.5, 0.6) is 5.75 Å². The van der Waals surface area contributed by atoms with Gasteiger partial charge >= 0.3 is 0 Å². The van der Waals surface area contributed by atoms with Crippen LogP contribution in [0.2, 0.25) is 0 Å². The van der Waals surface area contributed by atoms with Crippen molar-refractivity contribution in [2.75, 3.05) is 20.2 Å². The van der Waals surface area contributed by atoms with Crippen LogP contribution in [0.15, 0.2) is 24.3 Å². The molecule has 1 saturated heterocycles. The molecule has 2 nitrogen and oxygen atoms in total. The number of nitrogens with one attached hydrogen (secondary N) is 1. The SMILES string of the molecule is COc1ccc(CC2CNCCC2(F)F)cc1. The molecule has 4 heteroatoms. The van der Waals surface area contributed by atoms with E-state index in [1.807, 2.05) is 24.3 Å². The van der Waals surface area contributed by atoms with Gasteiger partial charge in [0.05, 0.1) is 7.11 Å². The van der Waals surface area contributed by atoms with Crippen LogP contribution in [0, 0.1) is 5.92 Å². The van der Waals surface area contributed by atoms with Gasteiger partial charge in [-0.25, -0.2) is 8.78 Å². The molecule has 0 saturated carbocycles. The van der Waals surface area contributed by atoms with Crippen molar-refractivity contribution in [1.29, 1.82) is 0 Å². The molecule has 1 heterocycles. The van der Waals surface area contributed by atoms with E-state index in [0.29, 0.717) is 19.5 Å². The molecule has 0 radical (unpaired) electrons. The lowest BCUT2D eigenvalue weighted by Gasteiger charge is -2.32.